The number of benzene rings is 2. The van der Waals surface area contributed by atoms with E-state index in [-0.39, 0.29) is 29.6 Å². The molecule has 2 saturated heterocycles. The van der Waals surface area contributed by atoms with Gasteiger partial charge in [0, 0.05) is 25.9 Å². The number of sulfone groups is 1. The number of nitrogens with one attached hydrogen (secondary N) is 1. The molecule has 9 heteroatoms. The molecule has 2 amide bonds. The molecule has 210 valence electrons. The fourth-order valence-electron chi connectivity index (χ4n) is 5.91. The lowest BCUT2D eigenvalue weighted by molar-refractivity contribution is -0.138. The van der Waals surface area contributed by atoms with Crippen LogP contribution in [0.3, 0.4) is 0 Å². The van der Waals surface area contributed by atoms with E-state index in [9.17, 15) is 18.0 Å². The standard InChI is InChI=1S/C30H39N3O5S/c1-39(36,37)26-12-10-23(11-13-26)22-33-21-17-30(28(33)34)15-19-32(20-16-30)18-14-27(24-6-3-2-4-7-24)31-29(35)38-25-8-5-9-25/h2-4,6-7,10-13,25,27H,5,8-9,14-22H2,1H3,(H,31,35). The fraction of sp³-hybridized carbons (Fsp3) is 0.533. The van der Waals surface area contributed by atoms with Gasteiger partial charge in [-0.25, -0.2) is 13.2 Å². The van der Waals surface area contributed by atoms with Crippen LogP contribution in [0.15, 0.2) is 59.5 Å². The Morgan fingerprint density at radius 3 is 2.31 bits per heavy atom. The van der Waals surface area contributed by atoms with Crippen LogP contribution in [0.25, 0.3) is 0 Å². The molecule has 39 heavy (non-hydrogen) atoms. The van der Waals surface area contributed by atoms with Gasteiger partial charge in [0.2, 0.25) is 5.91 Å². The SMILES string of the molecule is CS(=O)(=O)c1ccc(CN2CCC3(CCN(CCC(NC(=O)OC4CCC4)c4ccccc4)CC3)C2=O)cc1. The summed E-state index contributed by atoms with van der Waals surface area (Å²) in [5, 5.41) is 3.09. The largest absolute Gasteiger partial charge is 0.446 e. The van der Waals surface area contributed by atoms with Crippen LogP contribution in [0.1, 0.15) is 62.1 Å². The van der Waals surface area contributed by atoms with Gasteiger partial charge in [0.05, 0.1) is 16.4 Å². The molecule has 2 aromatic carbocycles. The Labute approximate surface area is 231 Å². The highest BCUT2D eigenvalue weighted by Gasteiger charge is 2.47. The molecule has 3 aliphatic rings. The third kappa shape index (κ3) is 6.64. The van der Waals surface area contributed by atoms with Crippen molar-refractivity contribution in [3.63, 3.8) is 0 Å². The molecule has 5 rings (SSSR count). The average Bonchev–Trinajstić information content (AvgIpc) is 3.19. The number of ether oxygens (including phenoxy) is 1. The van der Waals surface area contributed by atoms with Crippen LogP contribution >= 0.6 is 0 Å². The van der Waals surface area contributed by atoms with E-state index >= 15 is 0 Å². The Hall–Kier alpha value is -2.91. The summed E-state index contributed by atoms with van der Waals surface area (Å²) in [6.45, 7) is 3.79. The summed E-state index contributed by atoms with van der Waals surface area (Å²) in [6.07, 6.45) is 7.24. The van der Waals surface area contributed by atoms with Gasteiger partial charge in [-0.2, -0.15) is 0 Å². The van der Waals surface area contributed by atoms with Crippen molar-refractivity contribution in [2.45, 2.75) is 68.5 Å². The molecule has 2 aromatic rings. The molecule has 0 radical (unpaired) electrons. The Morgan fingerprint density at radius 1 is 1.03 bits per heavy atom. The molecule has 3 fully saturated rings. The molecular weight excluding hydrogens is 514 g/mol. The fourth-order valence-corrected chi connectivity index (χ4v) is 6.54. The molecule has 1 unspecified atom stereocenters. The Morgan fingerprint density at radius 2 is 1.69 bits per heavy atom. The third-order valence-electron chi connectivity index (χ3n) is 8.69. The predicted molar refractivity (Wildman–Crippen MR) is 149 cm³/mol. The van der Waals surface area contributed by atoms with Crippen LogP contribution in [0.4, 0.5) is 4.79 Å². The van der Waals surface area contributed by atoms with Crippen molar-refractivity contribution in [3.8, 4) is 0 Å². The van der Waals surface area contributed by atoms with Crippen LogP contribution in [0, 0.1) is 5.41 Å². The molecule has 8 nitrogen and oxygen atoms in total. The second-order valence-corrected chi connectivity index (χ2v) is 13.4. The molecule has 1 atom stereocenters. The lowest BCUT2D eigenvalue weighted by Gasteiger charge is -2.38. The second kappa shape index (κ2) is 11.7. The minimum atomic E-state index is -3.23. The number of rotatable bonds is 9. The maximum Gasteiger partial charge on any atom is 0.407 e. The van der Waals surface area contributed by atoms with Crippen molar-refractivity contribution in [2.75, 3.05) is 32.4 Å². The van der Waals surface area contributed by atoms with Gasteiger partial charge in [-0.05, 0) is 81.3 Å². The summed E-state index contributed by atoms with van der Waals surface area (Å²) in [4.78, 5) is 30.6. The van der Waals surface area contributed by atoms with E-state index in [1.54, 1.807) is 24.3 Å². The van der Waals surface area contributed by atoms with Crippen LogP contribution < -0.4 is 5.32 Å². The first-order chi connectivity index (χ1) is 18.7. The van der Waals surface area contributed by atoms with Gasteiger partial charge in [0.1, 0.15) is 6.10 Å². The lowest BCUT2D eigenvalue weighted by atomic mass is 9.77. The number of likely N-dealkylation sites (tertiary alicyclic amines) is 2. The number of alkyl carbamates (subject to hydrolysis) is 1. The smallest absolute Gasteiger partial charge is 0.407 e. The van der Waals surface area contributed by atoms with Crippen LogP contribution in [-0.4, -0.2) is 68.8 Å². The maximum atomic E-state index is 13.5. The minimum Gasteiger partial charge on any atom is -0.446 e. The van der Waals surface area contributed by atoms with Crippen molar-refractivity contribution in [1.82, 2.24) is 15.1 Å². The topological polar surface area (TPSA) is 96.0 Å². The normalized spacial score (nSPS) is 20.5. The summed E-state index contributed by atoms with van der Waals surface area (Å²) in [7, 11) is -3.23. The summed E-state index contributed by atoms with van der Waals surface area (Å²) in [5.41, 5.74) is 1.72. The number of hydrogen-bond donors (Lipinski definition) is 1. The molecule has 1 aliphatic carbocycles. The second-order valence-electron chi connectivity index (χ2n) is 11.4. The van der Waals surface area contributed by atoms with Gasteiger partial charge in [-0.1, -0.05) is 42.5 Å². The van der Waals surface area contributed by atoms with Gasteiger partial charge in [0.15, 0.2) is 9.84 Å². The zero-order valence-electron chi connectivity index (χ0n) is 22.7. The van der Waals surface area contributed by atoms with Crippen LogP contribution in [0.5, 0.6) is 0 Å². The number of piperidine rings is 1. The summed E-state index contributed by atoms with van der Waals surface area (Å²) in [6, 6.07) is 16.8. The predicted octanol–water partition coefficient (Wildman–Crippen LogP) is 4.31. The molecule has 0 bridgehead atoms. The zero-order valence-corrected chi connectivity index (χ0v) is 23.5. The highest BCUT2D eigenvalue weighted by molar-refractivity contribution is 7.90. The van der Waals surface area contributed by atoms with Crippen LogP contribution in [0.2, 0.25) is 0 Å². The lowest BCUT2D eigenvalue weighted by Crippen LogP contribution is -2.45. The average molecular weight is 554 g/mol. The van der Waals surface area contributed by atoms with Crippen molar-refractivity contribution < 1.29 is 22.7 Å². The summed E-state index contributed by atoms with van der Waals surface area (Å²) >= 11 is 0. The summed E-state index contributed by atoms with van der Waals surface area (Å²) in [5.74, 6) is 0.219. The van der Waals surface area contributed by atoms with E-state index in [1.807, 2.05) is 35.2 Å². The molecule has 2 aliphatic heterocycles. The zero-order chi connectivity index (χ0) is 27.5. The van der Waals surface area contributed by atoms with E-state index in [0.717, 1.165) is 82.3 Å². The van der Waals surface area contributed by atoms with Crippen molar-refractivity contribution in [3.05, 3.63) is 65.7 Å². The van der Waals surface area contributed by atoms with Gasteiger partial charge < -0.3 is 19.9 Å². The summed E-state index contributed by atoms with van der Waals surface area (Å²) < 4.78 is 29.0. The first-order valence-corrected chi connectivity index (χ1v) is 15.9. The first kappa shape index (κ1) is 27.6. The Kier molecular flexibility index (Phi) is 8.28. The molecule has 1 N–H and O–H groups in total. The van der Waals surface area contributed by atoms with E-state index in [1.165, 1.54) is 6.26 Å². The highest BCUT2D eigenvalue weighted by Crippen LogP contribution is 2.42. The number of amides is 2. The van der Waals surface area contributed by atoms with Crippen molar-refractivity contribution in [1.29, 1.82) is 0 Å². The van der Waals surface area contributed by atoms with E-state index < -0.39 is 9.84 Å². The Bertz CT molecular complexity index is 1250. The van der Waals surface area contributed by atoms with E-state index in [2.05, 4.69) is 10.2 Å². The number of carbonyl (C=O) groups excluding carboxylic acids is 2. The molecular formula is C30H39N3O5S. The molecule has 0 aromatic heterocycles. The monoisotopic (exact) mass is 553 g/mol. The number of nitrogens with zero attached hydrogens (tertiary/aromatic N) is 2. The van der Waals surface area contributed by atoms with E-state index in [0.29, 0.717) is 11.4 Å². The quantitative estimate of drug-likeness (QED) is 0.497. The Balaban J connectivity index is 1.13. The minimum absolute atomic E-state index is 0.0510. The van der Waals surface area contributed by atoms with Crippen molar-refractivity contribution >= 4 is 21.8 Å². The van der Waals surface area contributed by atoms with Gasteiger partial charge >= 0.3 is 6.09 Å². The van der Waals surface area contributed by atoms with Crippen LogP contribution in [-0.2, 0) is 25.9 Å². The van der Waals surface area contributed by atoms with Gasteiger partial charge in [-0.3, -0.25) is 4.79 Å². The van der Waals surface area contributed by atoms with Gasteiger partial charge in [-0.15, -0.1) is 0 Å². The van der Waals surface area contributed by atoms with Gasteiger partial charge in [0.25, 0.3) is 0 Å². The third-order valence-corrected chi connectivity index (χ3v) is 9.82. The molecule has 1 spiro atoms. The maximum absolute atomic E-state index is 13.5. The van der Waals surface area contributed by atoms with E-state index in [4.69, 9.17) is 4.74 Å². The first-order valence-electron chi connectivity index (χ1n) is 14.0. The molecule has 1 saturated carbocycles. The number of hydrogen-bond acceptors (Lipinski definition) is 6. The number of carbonyl (C=O) groups is 2. The highest BCUT2D eigenvalue weighted by atomic mass is 32.2. The molecule has 2 heterocycles. The van der Waals surface area contributed by atoms with Crippen molar-refractivity contribution in [2.24, 2.45) is 5.41 Å².